The molecule has 0 saturated carbocycles. The zero-order chi connectivity index (χ0) is 20.9. The van der Waals surface area contributed by atoms with Gasteiger partial charge in [-0.2, -0.15) is 5.26 Å². The third-order valence-electron chi connectivity index (χ3n) is 5.57. The summed E-state index contributed by atoms with van der Waals surface area (Å²) in [6.45, 7) is 4.32. The summed E-state index contributed by atoms with van der Waals surface area (Å²) in [7, 11) is 0. The van der Waals surface area contributed by atoms with Crippen LogP contribution in [-0.4, -0.2) is 33.5 Å². The minimum atomic E-state index is -0.763. The Morgan fingerprint density at radius 2 is 2.00 bits per heavy atom. The summed E-state index contributed by atoms with van der Waals surface area (Å²) in [4.78, 5) is 10.5. The van der Waals surface area contributed by atoms with Gasteiger partial charge in [-0.15, -0.1) is 0 Å². The zero-order valence-corrected chi connectivity index (χ0v) is 17.4. The van der Waals surface area contributed by atoms with Crippen LogP contribution in [0, 0.1) is 23.2 Å². The van der Waals surface area contributed by atoms with E-state index in [0.717, 1.165) is 44.1 Å². The van der Waals surface area contributed by atoms with Crippen molar-refractivity contribution in [1.29, 1.82) is 5.26 Å². The first kappa shape index (κ1) is 24.4. The molecule has 0 aromatic carbocycles. The van der Waals surface area contributed by atoms with E-state index in [-0.39, 0.29) is 12.3 Å². The van der Waals surface area contributed by atoms with Crippen molar-refractivity contribution in [2.45, 2.75) is 96.7 Å². The van der Waals surface area contributed by atoms with Gasteiger partial charge in [-0.25, -0.2) is 0 Å². The first-order valence-corrected chi connectivity index (χ1v) is 10.8. The number of aliphatic hydroxyl groups is 2. The maximum atomic E-state index is 10.5. The average Bonchev–Trinajstić information content (AvgIpc) is 2.95. The van der Waals surface area contributed by atoms with Crippen molar-refractivity contribution in [2.24, 2.45) is 11.8 Å². The fourth-order valence-corrected chi connectivity index (χ4v) is 3.93. The lowest BCUT2D eigenvalue weighted by atomic mass is 9.91. The quantitative estimate of drug-likeness (QED) is 0.293. The van der Waals surface area contributed by atoms with Crippen molar-refractivity contribution < 1.29 is 20.1 Å². The molecular weight excluding hydrogens is 354 g/mol. The Morgan fingerprint density at radius 3 is 2.64 bits per heavy atom. The molecule has 0 aliphatic heterocycles. The van der Waals surface area contributed by atoms with Crippen molar-refractivity contribution in [3.63, 3.8) is 0 Å². The number of carboxylic acid groups (broad SMARTS) is 1. The van der Waals surface area contributed by atoms with Gasteiger partial charge in [-0.1, -0.05) is 58.1 Å². The number of hydrogen-bond acceptors (Lipinski definition) is 4. The van der Waals surface area contributed by atoms with Crippen LogP contribution >= 0.6 is 0 Å². The van der Waals surface area contributed by atoms with Crippen molar-refractivity contribution in [3.8, 4) is 6.07 Å². The molecule has 3 N–H and O–H groups in total. The van der Waals surface area contributed by atoms with Crippen LogP contribution in [0.2, 0.25) is 0 Å². The predicted molar refractivity (Wildman–Crippen MR) is 111 cm³/mol. The number of rotatable bonds is 14. The highest BCUT2D eigenvalue weighted by Crippen LogP contribution is 2.36. The largest absolute Gasteiger partial charge is 0.481 e. The number of carboxylic acids is 1. The number of aliphatic carboxylic acids is 1. The second-order valence-corrected chi connectivity index (χ2v) is 8.16. The molecule has 0 bridgehead atoms. The van der Waals surface area contributed by atoms with Crippen LogP contribution in [0.3, 0.4) is 0 Å². The zero-order valence-electron chi connectivity index (χ0n) is 17.4. The monoisotopic (exact) mass is 391 g/mol. The Hall–Kier alpha value is -1.64. The van der Waals surface area contributed by atoms with Crippen molar-refractivity contribution in [1.82, 2.24) is 0 Å². The van der Waals surface area contributed by atoms with E-state index in [0.29, 0.717) is 30.8 Å². The van der Waals surface area contributed by atoms with Gasteiger partial charge < -0.3 is 15.3 Å². The maximum Gasteiger partial charge on any atom is 0.303 e. The van der Waals surface area contributed by atoms with Gasteiger partial charge >= 0.3 is 5.97 Å². The normalized spacial score (nSPS) is 21.8. The van der Waals surface area contributed by atoms with Gasteiger partial charge in [-0.05, 0) is 37.2 Å². The lowest BCUT2D eigenvalue weighted by Crippen LogP contribution is -2.16. The summed E-state index contributed by atoms with van der Waals surface area (Å²) in [5, 5.41) is 38.7. The summed E-state index contributed by atoms with van der Waals surface area (Å²) in [6.07, 6.45) is 11.3. The maximum absolute atomic E-state index is 10.5. The van der Waals surface area contributed by atoms with E-state index in [1.807, 2.05) is 6.08 Å². The lowest BCUT2D eigenvalue weighted by Gasteiger charge is -2.17. The number of aliphatic hydroxyl groups excluding tert-OH is 2. The topological polar surface area (TPSA) is 102 Å². The van der Waals surface area contributed by atoms with E-state index in [1.54, 1.807) is 6.08 Å². The molecule has 0 saturated heterocycles. The molecule has 1 aliphatic carbocycles. The van der Waals surface area contributed by atoms with Crippen molar-refractivity contribution in [3.05, 3.63) is 23.3 Å². The van der Waals surface area contributed by atoms with Gasteiger partial charge in [0.15, 0.2) is 0 Å². The molecule has 0 fully saturated rings. The van der Waals surface area contributed by atoms with Gasteiger partial charge in [0, 0.05) is 24.3 Å². The summed E-state index contributed by atoms with van der Waals surface area (Å²) in [6, 6.07) is 2.23. The van der Waals surface area contributed by atoms with E-state index < -0.39 is 18.2 Å². The molecule has 0 amide bonds. The van der Waals surface area contributed by atoms with E-state index in [1.165, 1.54) is 6.42 Å². The number of hydrogen-bond donors (Lipinski definition) is 3. The minimum Gasteiger partial charge on any atom is -0.481 e. The third-order valence-corrected chi connectivity index (χ3v) is 5.57. The van der Waals surface area contributed by atoms with Crippen LogP contribution in [0.25, 0.3) is 0 Å². The molecule has 28 heavy (non-hydrogen) atoms. The van der Waals surface area contributed by atoms with Gasteiger partial charge in [0.1, 0.15) is 0 Å². The van der Waals surface area contributed by atoms with Crippen LogP contribution in [0.1, 0.15) is 84.5 Å². The fourth-order valence-electron chi connectivity index (χ4n) is 3.93. The molecule has 4 atom stereocenters. The van der Waals surface area contributed by atoms with Gasteiger partial charge in [0.05, 0.1) is 18.3 Å². The summed E-state index contributed by atoms with van der Waals surface area (Å²) < 4.78 is 0. The van der Waals surface area contributed by atoms with E-state index in [4.69, 9.17) is 5.11 Å². The van der Waals surface area contributed by atoms with Crippen molar-refractivity contribution >= 4 is 5.97 Å². The highest BCUT2D eigenvalue weighted by atomic mass is 16.4. The smallest absolute Gasteiger partial charge is 0.303 e. The Labute approximate surface area is 169 Å². The summed E-state index contributed by atoms with van der Waals surface area (Å²) >= 11 is 0. The molecule has 0 heterocycles. The van der Waals surface area contributed by atoms with Gasteiger partial charge in [0.2, 0.25) is 0 Å². The van der Waals surface area contributed by atoms with Crippen LogP contribution in [0.4, 0.5) is 0 Å². The van der Waals surface area contributed by atoms with Crippen LogP contribution < -0.4 is 0 Å². The minimum absolute atomic E-state index is 0.199. The first-order chi connectivity index (χ1) is 13.4. The number of carbonyl (C=O) groups is 1. The number of unbranched alkanes of at least 4 members (excludes halogenated alkanes) is 4. The Kier molecular flexibility index (Phi) is 11.8. The average molecular weight is 392 g/mol. The SMILES string of the molecule is CCCC[C@@H](C)C[C@H](O)C=C[C@@H]1C(CCCCCCC(=O)O)=C(C#N)C[C@H]1O. The lowest BCUT2D eigenvalue weighted by molar-refractivity contribution is -0.137. The van der Waals surface area contributed by atoms with E-state index in [9.17, 15) is 20.3 Å². The molecule has 1 rings (SSSR count). The van der Waals surface area contributed by atoms with E-state index >= 15 is 0 Å². The second-order valence-electron chi connectivity index (χ2n) is 8.16. The predicted octanol–water partition coefficient (Wildman–Crippen LogP) is 4.75. The van der Waals surface area contributed by atoms with Crippen LogP contribution in [0.5, 0.6) is 0 Å². The highest BCUT2D eigenvalue weighted by molar-refractivity contribution is 5.66. The summed E-state index contributed by atoms with van der Waals surface area (Å²) in [5.41, 5.74) is 1.65. The molecule has 158 valence electrons. The second kappa shape index (κ2) is 13.5. The molecule has 0 aromatic rings. The Balaban J connectivity index is 2.56. The van der Waals surface area contributed by atoms with Crippen molar-refractivity contribution in [2.75, 3.05) is 0 Å². The standard InChI is InChI=1S/C23H37NO4/c1-3-4-9-17(2)14-19(25)12-13-21-20(18(16-24)15-22(21)26)10-7-5-6-8-11-23(27)28/h12-13,17,19,21-22,25-26H,3-11,14-15H2,1-2H3,(H,27,28)/t17-,19-,21-,22-/m1/s1. The number of nitrogens with zero attached hydrogens (tertiary/aromatic N) is 1. The van der Waals surface area contributed by atoms with Crippen LogP contribution in [-0.2, 0) is 4.79 Å². The molecule has 0 aromatic heterocycles. The van der Waals surface area contributed by atoms with Gasteiger partial charge in [-0.3, -0.25) is 4.79 Å². The molecule has 1 aliphatic rings. The first-order valence-electron chi connectivity index (χ1n) is 10.8. The molecule has 0 unspecified atom stereocenters. The summed E-state index contributed by atoms with van der Waals surface area (Å²) in [5.74, 6) is -0.501. The van der Waals surface area contributed by atoms with Crippen LogP contribution in [0.15, 0.2) is 23.3 Å². The van der Waals surface area contributed by atoms with Gasteiger partial charge in [0.25, 0.3) is 0 Å². The molecule has 5 heteroatoms. The highest BCUT2D eigenvalue weighted by Gasteiger charge is 2.31. The van der Waals surface area contributed by atoms with E-state index in [2.05, 4.69) is 19.9 Å². The Morgan fingerprint density at radius 1 is 1.29 bits per heavy atom. The fraction of sp³-hybridized carbons (Fsp3) is 0.739. The molecule has 0 radical (unpaired) electrons. The Bertz CT molecular complexity index is 576. The number of nitriles is 1. The molecular formula is C23H37NO4. The molecule has 5 nitrogen and oxygen atoms in total. The third kappa shape index (κ3) is 9.03. The molecule has 0 spiro atoms.